The summed E-state index contributed by atoms with van der Waals surface area (Å²) >= 11 is 3.45. The Balaban J connectivity index is 1.00. The number of nitrogens with one attached hydrogen (secondary N) is 3. The maximum atomic E-state index is 13.9. The molecule has 75 heavy (non-hydrogen) atoms. The third-order valence-corrected chi connectivity index (χ3v) is 15.5. The lowest BCUT2D eigenvalue weighted by Gasteiger charge is -2.35. The number of benzene rings is 6. The van der Waals surface area contributed by atoms with Gasteiger partial charge in [0.2, 0.25) is 17.7 Å². The summed E-state index contributed by atoms with van der Waals surface area (Å²) in [6.07, 6.45) is 2.07. The molecular weight excluding hydrogens is 983 g/mol. The first-order valence-corrected chi connectivity index (χ1v) is 27.8. The van der Waals surface area contributed by atoms with Crippen molar-refractivity contribution in [3.05, 3.63) is 215 Å². The summed E-state index contributed by atoms with van der Waals surface area (Å²) in [7, 11) is 0. The number of carbonyl (C=O) groups is 4. The smallest absolute Gasteiger partial charge is 0.305 e. The molecule has 6 aromatic rings. The van der Waals surface area contributed by atoms with Gasteiger partial charge in [-0.05, 0) is 52.6 Å². The molecular formula is C61H71N3O9S2. The number of carboxylic acid groups (broad SMARTS) is 1. The molecule has 396 valence electrons. The molecule has 0 fully saturated rings. The third-order valence-electron chi connectivity index (χ3n) is 12.4. The second-order valence-corrected chi connectivity index (χ2v) is 20.2. The van der Waals surface area contributed by atoms with Crippen molar-refractivity contribution in [2.24, 2.45) is 0 Å². The van der Waals surface area contributed by atoms with Crippen molar-refractivity contribution in [1.29, 1.82) is 0 Å². The van der Waals surface area contributed by atoms with Crippen LogP contribution < -0.4 is 16.0 Å². The molecule has 0 aromatic heterocycles. The summed E-state index contributed by atoms with van der Waals surface area (Å²) < 4.78 is 20.8. The molecule has 0 aliphatic heterocycles. The van der Waals surface area contributed by atoms with Gasteiger partial charge in [-0.2, -0.15) is 0 Å². The Morgan fingerprint density at radius 3 is 1.13 bits per heavy atom. The van der Waals surface area contributed by atoms with Crippen molar-refractivity contribution < 1.29 is 43.2 Å². The van der Waals surface area contributed by atoms with Gasteiger partial charge in [-0.3, -0.25) is 19.2 Å². The zero-order chi connectivity index (χ0) is 52.7. The van der Waals surface area contributed by atoms with E-state index in [0.717, 1.165) is 33.4 Å². The molecule has 0 bridgehead atoms. The lowest BCUT2D eigenvalue weighted by atomic mass is 9.84. The molecule has 1 atom stereocenters. The normalized spacial score (nSPS) is 11.9. The van der Waals surface area contributed by atoms with Gasteiger partial charge < -0.3 is 40.0 Å². The standard InChI is InChI=1S/C61H71N3O9S2/c65-56(35-47-74-60(49-21-7-1-8-22-49,50-23-9-2-10-24-50)51-25-11-3-12-26-51)62-37-20-19-33-55(59(69)63-38-40-71-42-44-73-46-45-72-43-41-70-39-34-58(67)68)64-57(66)36-48-75-61(52-27-13-4-14-28-52,53-29-15-5-16-30-53)54-31-17-6-18-32-54/h1-18,21-32,55H,19-20,33-48H2,(H,62,65)(H,63,69)(H,64,66)(H,67,68)/t55-/m0/s1. The molecule has 4 N–H and O–H groups in total. The number of unbranched alkanes of at least 4 members (excludes halogenated alkanes) is 1. The van der Waals surface area contributed by atoms with E-state index in [0.29, 0.717) is 83.4 Å². The van der Waals surface area contributed by atoms with Crippen molar-refractivity contribution in [3.8, 4) is 0 Å². The predicted octanol–water partition coefficient (Wildman–Crippen LogP) is 9.65. The average molecular weight is 1050 g/mol. The van der Waals surface area contributed by atoms with Crippen molar-refractivity contribution in [2.75, 3.05) is 77.5 Å². The lowest BCUT2D eigenvalue weighted by molar-refractivity contribution is -0.138. The van der Waals surface area contributed by atoms with Crippen LogP contribution in [0.2, 0.25) is 0 Å². The second-order valence-electron chi connectivity index (χ2n) is 17.6. The molecule has 14 heteroatoms. The molecule has 0 saturated carbocycles. The Morgan fingerprint density at radius 1 is 0.413 bits per heavy atom. The van der Waals surface area contributed by atoms with Crippen LogP contribution in [0.3, 0.4) is 0 Å². The van der Waals surface area contributed by atoms with Gasteiger partial charge in [0.25, 0.3) is 0 Å². The first kappa shape index (κ1) is 58.0. The molecule has 0 unspecified atom stereocenters. The number of thioether (sulfide) groups is 2. The van der Waals surface area contributed by atoms with E-state index in [1.54, 1.807) is 23.5 Å². The predicted molar refractivity (Wildman–Crippen MR) is 300 cm³/mol. The van der Waals surface area contributed by atoms with E-state index >= 15 is 0 Å². The van der Waals surface area contributed by atoms with Crippen LogP contribution in [0.1, 0.15) is 71.9 Å². The molecule has 0 aliphatic rings. The SMILES string of the molecule is O=C(O)CCOCCOCCOCCOCCNC(=O)[C@H](CCCCNC(=O)CCSC(c1ccccc1)(c1ccccc1)c1ccccc1)NC(=O)CCSC(c1ccccc1)(c1ccccc1)c1ccccc1. The van der Waals surface area contributed by atoms with E-state index in [4.69, 9.17) is 24.1 Å². The van der Waals surface area contributed by atoms with Crippen LogP contribution in [-0.2, 0) is 47.6 Å². The molecule has 0 heterocycles. The number of rotatable bonds is 36. The van der Waals surface area contributed by atoms with Gasteiger partial charge in [0, 0.05) is 37.4 Å². The van der Waals surface area contributed by atoms with Crippen LogP contribution in [0.5, 0.6) is 0 Å². The maximum absolute atomic E-state index is 13.9. The molecule has 0 aliphatic carbocycles. The van der Waals surface area contributed by atoms with E-state index in [-0.39, 0.29) is 50.3 Å². The number of ether oxygens (including phenoxy) is 4. The largest absolute Gasteiger partial charge is 0.481 e. The fourth-order valence-corrected chi connectivity index (χ4v) is 11.8. The van der Waals surface area contributed by atoms with Crippen LogP contribution in [0.4, 0.5) is 0 Å². The Bertz CT molecular complexity index is 2360. The Morgan fingerprint density at radius 2 is 0.760 bits per heavy atom. The van der Waals surface area contributed by atoms with Crippen LogP contribution >= 0.6 is 23.5 Å². The van der Waals surface area contributed by atoms with E-state index in [1.807, 2.05) is 72.8 Å². The second kappa shape index (κ2) is 32.9. The van der Waals surface area contributed by atoms with Gasteiger partial charge in [0.1, 0.15) is 6.04 Å². The first-order valence-electron chi connectivity index (χ1n) is 25.8. The van der Waals surface area contributed by atoms with E-state index in [1.165, 1.54) is 0 Å². The van der Waals surface area contributed by atoms with E-state index < -0.39 is 21.5 Å². The Hall–Kier alpha value is -6.26. The van der Waals surface area contributed by atoms with Gasteiger partial charge in [-0.25, -0.2) is 0 Å². The Labute approximate surface area is 451 Å². The van der Waals surface area contributed by atoms with Gasteiger partial charge in [0.15, 0.2) is 0 Å². The quantitative estimate of drug-likeness (QED) is 0.0219. The van der Waals surface area contributed by atoms with Crippen molar-refractivity contribution in [3.63, 3.8) is 0 Å². The first-order chi connectivity index (χ1) is 36.8. The highest BCUT2D eigenvalue weighted by atomic mass is 32.2. The van der Waals surface area contributed by atoms with Crippen molar-refractivity contribution >= 4 is 47.2 Å². The molecule has 0 radical (unpaired) electrons. The van der Waals surface area contributed by atoms with Crippen LogP contribution in [0.25, 0.3) is 0 Å². The summed E-state index contributed by atoms with van der Waals surface area (Å²) in [5.41, 5.74) is 6.74. The number of aliphatic carboxylic acids is 1. The van der Waals surface area contributed by atoms with E-state index in [2.05, 4.69) is 125 Å². The summed E-state index contributed by atoms with van der Waals surface area (Å²) in [5.74, 6) is -0.401. The highest BCUT2D eigenvalue weighted by molar-refractivity contribution is 8.00. The summed E-state index contributed by atoms with van der Waals surface area (Å²) in [4.78, 5) is 51.6. The zero-order valence-electron chi connectivity index (χ0n) is 42.7. The van der Waals surface area contributed by atoms with Gasteiger partial charge in [0.05, 0.1) is 68.8 Å². The Kier molecular flexibility index (Phi) is 25.5. The lowest BCUT2D eigenvalue weighted by Crippen LogP contribution is -2.47. The summed E-state index contributed by atoms with van der Waals surface area (Å²) in [5, 5.41) is 17.8. The zero-order valence-corrected chi connectivity index (χ0v) is 44.3. The number of hydrogen-bond acceptors (Lipinski definition) is 10. The molecule has 3 amide bonds. The minimum Gasteiger partial charge on any atom is -0.481 e. The molecule has 12 nitrogen and oxygen atoms in total. The fourth-order valence-electron chi connectivity index (χ4n) is 8.75. The highest BCUT2D eigenvalue weighted by Gasteiger charge is 2.38. The van der Waals surface area contributed by atoms with Crippen LogP contribution in [0.15, 0.2) is 182 Å². The third kappa shape index (κ3) is 18.5. The van der Waals surface area contributed by atoms with Gasteiger partial charge in [-0.15, -0.1) is 23.5 Å². The minimum absolute atomic E-state index is 0.0428. The molecule has 0 saturated heterocycles. The molecule has 0 spiro atoms. The average Bonchev–Trinajstić information content (AvgIpc) is 3.45. The fraction of sp³-hybridized carbons (Fsp3) is 0.344. The maximum Gasteiger partial charge on any atom is 0.305 e. The number of carboxylic acids is 1. The van der Waals surface area contributed by atoms with E-state index in [9.17, 15) is 19.2 Å². The van der Waals surface area contributed by atoms with Gasteiger partial charge in [-0.1, -0.05) is 182 Å². The summed E-state index contributed by atoms with van der Waals surface area (Å²) in [6, 6.07) is 61.6. The number of amides is 3. The minimum atomic E-state index is -0.903. The van der Waals surface area contributed by atoms with Crippen molar-refractivity contribution in [1.82, 2.24) is 16.0 Å². The summed E-state index contributed by atoms with van der Waals surface area (Å²) in [6.45, 7) is 3.13. The van der Waals surface area contributed by atoms with Crippen LogP contribution in [0, 0.1) is 0 Å². The van der Waals surface area contributed by atoms with Gasteiger partial charge >= 0.3 is 5.97 Å². The topological polar surface area (TPSA) is 162 Å². The number of carbonyl (C=O) groups excluding carboxylic acids is 3. The molecule has 6 rings (SSSR count). The van der Waals surface area contributed by atoms with Crippen molar-refractivity contribution in [2.45, 2.75) is 54.1 Å². The number of hydrogen-bond donors (Lipinski definition) is 4. The molecule has 6 aromatic carbocycles. The highest BCUT2D eigenvalue weighted by Crippen LogP contribution is 2.50. The monoisotopic (exact) mass is 1050 g/mol. The van der Waals surface area contributed by atoms with Crippen LogP contribution in [-0.4, -0.2) is 112 Å².